The second-order valence-electron chi connectivity index (χ2n) is 7.08. The average molecular weight is 361 g/mol. The summed E-state index contributed by atoms with van der Waals surface area (Å²) >= 11 is 0. The number of aromatic nitrogens is 6. The molecule has 8 heteroatoms. The molecule has 0 N–H and O–H groups in total. The van der Waals surface area contributed by atoms with Gasteiger partial charge in [0.1, 0.15) is 0 Å². The summed E-state index contributed by atoms with van der Waals surface area (Å²) < 4.78 is 3.78. The van der Waals surface area contributed by atoms with Gasteiger partial charge >= 0.3 is 0 Å². The first kappa shape index (κ1) is 15.9. The van der Waals surface area contributed by atoms with E-state index in [0.29, 0.717) is 17.6 Å². The van der Waals surface area contributed by atoms with Gasteiger partial charge in [-0.25, -0.2) is 14.5 Å². The number of fused-ring (bicyclic) bond motifs is 4. The average Bonchev–Trinajstić information content (AvgIpc) is 3.25. The predicted molar refractivity (Wildman–Crippen MR) is 101 cm³/mol. The maximum Gasteiger partial charge on any atom is 0.252 e. The van der Waals surface area contributed by atoms with E-state index in [4.69, 9.17) is 0 Å². The van der Waals surface area contributed by atoms with Gasteiger partial charge in [-0.1, -0.05) is 12.1 Å². The quantitative estimate of drug-likeness (QED) is 0.546. The van der Waals surface area contributed by atoms with E-state index in [1.54, 1.807) is 9.42 Å². The smallest absolute Gasteiger partial charge is 0.252 e. The maximum absolute atomic E-state index is 13.1. The highest BCUT2D eigenvalue weighted by molar-refractivity contribution is 5.96. The number of nitrogens with zero attached hydrogens (tertiary/aromatic N) is 7. The van der Waals surface area contributed by atoms with Gasteiger partial charge in [0, 0.05) is 17.9 Å². The summed E-state index contributed by atoms with van der Waals surface area (Å²) in [4.78, 5) is 28.3. The first-order valence-electron chi connectivity index (χ1n) is 8.98. The third-order valence-corrected chi connectivity index (χ3v) is 4.98. The largest absolute Gasteiger partial charge is 0.308 e. The third-order valence-electron chi connectivity index (χ3n) is 4.98. The van der Waals surface area contributed by atoms with Crippen molar-refractivity contribution in [2.75, 3.05) is 4.90 Å². The normalized spacial score (nSPS) is 16.4. The summed E-state index contributed by atoms with van der Waals surface area (Å²) in [5, 5.41) is 4.46. The number of hydrogen-bond acceptors (Lipinski definition) is 5. The molecule has 0 fully saturated rings. The summed E-state index contributed by atoms with van der Waals surface area (Å²) in [5.74, 6) is 1.64. The van der Waals surface area contributed by atoms with Crippen molar-refractivity contribution >= 4 is 28.7 Å². The highest BCUT2D eigenvalue weighted by Gasteiger charge is 2.34. The van der Waals surface area contributed by atoms with E-state index in [9.17, 15) is 4.79 Å². The van der Waals surface area contributed by atoms with Crippen molar-refractivity contribution in [3.05, 3.63) is 47.5 Å². The van der Waals surface area contributed by atoms with Crippen LogP contribution in [0.3, 0.4) is 0 Å². The number of rotatable bonds is 2. The van der Waals surface area contributed by atoms with Gasteiger partial charge < -0.3 is 4.57 Å². The Balaban J connectivity index is 1.49. The number of imidazole rings is 1. The van der Waals surface area contributed by atoms with Crippen molar-refractivity contribution in [2.45, 2.75) is 39.8 Å². The molecule has 3 aromatic heterocycles. The lowest BCUT2D eigenvalue weighted by molar-refractivity contribution is -0.118. The highest BCUT2D eigenvalue weighted by atomic mass is 16.2. The van der Waals surface area contributed by atoms with Crippen molar-refractivity contribution in [1.82, 2.24) is 29.1 Å². The van der Waals surface area contributed by atoms with Crippen LogP contribution in [0.4, 0.5) is 5.95 Å². The molecule has 1 amide bonds. The molecular weight excluding hydrogens is 342 g/mol. The minimum Gasteiger partial charge on any atom is -0.308 e. The Morgan fingerprint density at radius 1 is 1.19 bits per heavy atom. The van der Waals surface area contributed by atoms with Crippen LogP contribution in [0.2, 0.25) is 0 Å². The number of carbonyl (C=O) groups is 1. The SMILES string of the molecule is Cc1cc(C)n2nc(CC(=O)N3c4nc5ccccc5n4CC3C)nc2n1. The zero-order valence-electron chi connectivity index (χ0n) is 15.4. The van der Waals surface area contributed by atoms with Crippen LogP contribution in [0.1, 0.15) is 24.1 Å². The zero-order valence-corrected chi connectivity index (χ0v) is 15.4. The van der Waals surface area contributed by atoms with Crippen LogP contribution < -0.4 is 4.90 Å². The fraction of sp³-hybridized carbons (Fsp3) is 0.316. The van der Waals surface area contributed by atoms with E-state index in [-0.39, 0.29) is 18.4 Å². The Labute approximate surface area is 155 Å². The molecule has 1 aliphatic heterocycles. The number of anilines is 1. The molecule has 4 aromatic rings. The minimum absolute atomic E-state index is 0.0451. The Kier molecular flexibility index (Phi) is 3.30. The van der Waals surface area contributed by atoms with E-state index in [1.807, 2.05) is 51.1 Å². The van der Waals surface area contributed by atoms with E-state index in [1.165, 1.54) is 0 Å². The molecule has 1 aliphatic rings. The Bertz CT molecular complexity index is 1210. The molecule has 27 heavy (non-hydrogen) atoms. The molecule has 1 unspecified atom stereocenters. The Morgan fingerprint density at radius 2 is 2.00 bits per heavy atom. The first-order chi connectivity index (χ1) is 13.0. The van der Waals surface area contributed by atoms with Crippen LogP contribution in [0.25, 0.3) is 16.8 Å². The van der Waals surface area contributed by atoms with Crippen molar-refractivity contribution in [3.63, 3.8) is 0 Å². The Hall–Kier alpha value is -3.29. The van der Waals surface area contributed by atoms with Crippen LogP contribution in [-0.2, 0) is 17.8 Å². The molecule has 1 aromatic carbocycles. The van der Waals surface area contributed by atoms with Crippen molar-refractivity contribution in [1.29, 1.82) is 0 Å². The van der Waals surface area contributed by atoms with Gasteiger partial charge in [-0.15, -0.1) is 5.10 Å². The van der Waals surface area contributed by atoms with Crippen LogP contribution in [-0.4, -0.2) is 41.1 Å². The van der Waals surface area contributed by atoms with Gasteiger partial charge in [-0.05, 0) is 39.0 Å². The molecule has 0 saturated carbocycles. The van der Waals surface area contributed by atoms with E-state index in [0.717, 1.165) is 29.0 Å². The summed E-state index contributed by atoms with van der Waals surface area (Å²) in [7, 11) is 0. The summed E-state index contributed by atoms with van der Waals surface area (Å²) in [6.07, 6.45) is 0.120. The fourth-order valence-electron chi connectivity index (χ4n) is 3.83. The molecule has 4 heterocycles. The molecular formula is C19H19N7O. The summed E-state index contributed by atoms with van der Waals surface area (Å²) in [6, 6.07) is 9.94. The van der Waals surface area contributed by atoms with E-state index >= 15 is 0 Å². The maximum atomic E-state index is 13.1. The molecule has 0 spiro atoms. The molecule has 0 bridgehead atoms. The molecule has 136 valence electrons. The van der Waals surface area contributed by atoms with Gasteiger partial charge in [-0.3, -0.25) is 9.69 Å². The lowest BCUT2D eigenvalue weighted by atomic mass is 10.2. The lowest BCUT2D eigenvalue weighted by Gasteiger charge is -2.18. The van der Waals surface area contributed by atoms with Crippen LogP contribution >= 0.6 is 0 Å². The summed E-state index contributed by atoms with van der Waals surface area (Å²) in [6.45, 7) is 6.64. The van der Waals surface area contributed by atoms with Gasteiger partial charge in [0.2, 0.25) is 11.9 Å². The number of para-hydroxylation sites is 2. The molecule has 5 rings (SSSR count). The first-order valence-corrected chi connectivity index (χ1v) is 8.98. The lowest BCUT2D eigenvalue weighted by Crippen LogP contribution is -2.37. The number of benzene rings is 1. The minimum atomic E-state index is -0.0539. The van der Waals surface area contributed by atoms with Crippen molar-refractivity contribution < 1.29 is 4.79 Å². The Morgan fingerprint density at radius 3 is 2.85 bits per heavy atom. The number of hydrogen-bond donors (Lipinski definition) is 0. The third kappa shape index (κ3) is 2.40. The van der Waals surface area contributed by atoms with Crippen molar-refractivity contribution in [3.8, 4) is 0 Å². The van der Waals surface area contributed by atoms with Crippen LogP contribution in [0.5, 0.6) is 0 Å². The van der Waals surface area contributed by atoms with Gasteiger partial charge in [-0.2, -0.15) is 4.98 Å². The van der Waals surface area contributed by atoms with E-state index < -0.39 is 0 Å². The highest BCUT2D eigenvalue weighted by Crippen LogP contribution is 2.30. The standard InChI is InChI=1S/C19H19N7O/c1-11-8-12(2)26-18(20-11)22-16(23-26)9-17(27)25-13(3)10-24-15-7-5-4-6-14(15)21-19(24)25/h4-8,13H,9-10H2,1-3H3. The van der Waals surface area contributed by atoms with Crippen LogP contribution in [0, 0.1) is 13.8 Å². The second-order valence-corrected chi connectivity index (χ2v) is 7.08. The molecule has 0 radical (unpaired) electrons. The van der Waals surface area contributed by atoms with Crippen molar-refractivity contribution in [2.24, 2.45) is 0 Å². The molecule has 8 nitrogen and oxygen atoms in total. The van der Waals surface area contributed by atoms with Gasteiger partial charge in [0.05, 0.1) is 23.5 Å². The number of amides is 1. The monoisotopic (exact) mass is 361 g/mol. The van der Waals surface area contributed by atoms with E-state index in [2.05, 4.69) is 24.6 Å². The zero-order chi connectivity index (χ0) is 18.7. The summed E-state index contributed by atoms with van der Waals surface area (Å²) in [5.41, 5.74) is 3.78. The van der Waals surface area contributed by atoms with Gasteiger partial charge in [0.25, 0.3) is 5.78 Å². The second kappa shape index (κ2) is 5.60. The molecule has 0 aliphatic carbocycles. The number of carbonyl (C=O) groups excluding carboxylic acids is 1. The fourth-order valence-corrected chi connectivity index (χ4v) is 3.83. The predicted octanol–water partition coefficient (Wildman–Crippen LogP) is 2.07. The number of aryl methyl sites for hydroxylation is 2. The molecule has 0 saturated heterocycles. The van der Waals surface area contributed by atoms with Crippen LogP contribution in [0.15, 0.2) is 30.3 Å². The van der Waals surface area contributed by atoms with Gasteiger partial charge in [0.15, 0.2) is 5.82 Å². The topological polar surface area (TPSA) is 81.2 Å². The molecule has 1 atom stereocenters.